The van der Waals surface area contributed by atoms with E-state index in [1.807, 2.05) is 18.2 Å². The molecular formula is C13H17NO. The molecule has 1 saturated heterocycles. The third-order valence-electron chi connectivity index (χ3n) is 2.97. The molecule has 1 aliphatic heterocycles. The van der Waals surface area contributed by atoms with E-state index in [9.17, 15) is 0 Å². The fourth-order valence-electron chi connectivity index (χ4n) is 2.24. The molecule has 1 aromatic carbocycles. The van der Waals surface area contributed by atoms with Crippen LogP contribution in [0.5, 0.6) is 5.75 Å². The number of nitrogens with one attached hydrogen (secondary N) is 1. The van der Waals surface area contributed by atoms with E-state index in [0.29, 0.717) is 12.0 Å². The topological polar surface area (TPSA) is 21.3 Å². The van der Waals surface area contributed by atoms with Crippen LogP contribution >= 0.6 is 0 Å². The number of rotatable bonds is 2. The summed E-state index contributed by atoms with van der Waals surface area (Å²) in [6.45, 7) is 6.22. The van der Waals surface area contributed by atoms with Gasteiger partial charge in [0, 0.05) is 11.3 Å². The molecule has 1 aromatic rings. The number of ether oxygens (including phenoxy) is 1. The molecule has 0 radical (unpaired) electrons. The first-order chi connectivity index (χ1) is 7.22. The van der Waals surface area contributed by atoms with Crippen molar-refractivity contribution >= 4 is 0 Å². The number of methoxy groups -OCH3 is 1. The van der Waals surface area contributed by atoms with Gasteiger partial charge in [0.05, 0.1) is 13.2 Å². The van der Waals surface area contributed by atoms with Gasteiger partial charge < -0.3 is 10.1 Å². The van der Waals surface area contributed by atoms with Crippen LogP contribution in [0.4, 0.5) is 0 Å². The second-order valence-electron chi connectivity index (χ2n) is 4.15. The van der Waals surface area contributed by atoms with Gasteiger partial charge in [-0.1, -0.05) is 31.7 Å². The molecule has 1 heterocycles. The molecule has 0 saturated carbocycles. The van der Waals surface area contributed by atoms with Gasteiger partial charge >= 0.3 is 0 Å². The number of hydrogen-bond donors (Lipinski definition) is 1. The minimum absolute atomic E-state index is 0.341. The smallest absolute Gasteiger partial charge is 0.124 e. The van der Waals surface area contributed by atoms with Crippen LogP contribution in [-0.4, -0.2) is 7.11 Å². The lowest BCUT2D eigenvalue weighted by Crippen LogP contribution is -2.16. The van der Waals surface area contributed by atoms with Gasteiger partial charge in [-0.3, -0.25) is 0 Å². The molecule has 80 valence electrons. The number of allylic oxidation sites excluding steroid dienone is 1. The lowest BCUT2D eigenvalue weighted by Gasteiger charge is -2.18. The van der Waals surface area contributed by atoms with Gasteiger partial charge in [0.25, 0.3) is 0 Å². The van der Waals surface area contributed by atoms with Crippen LogP contribution in [0, 0.1) is 5.92 Å². The maximum Gasteiger partial charge on any atom is 0.124 e. The van der Waals surface area contributed by atoms with E-state index in [4.69, 9.17) is 4.74 Å². The van der Waals surface area contributed by atoms with Crippen molar-refractivity contribution in [2.24, 2.45) is 5.92 Å². The number of benzene rings is 1. The summed E-state index contributed by atoms with van der Waals surface area (Å²) in [7, 11) is 1.72. The summed E-state index contributed by atoms with van der Waals surface area (Å²) in [6.07, 6.45) is 1.04. The monoisotopic (exact) mass is 203 g/mol. The molecule has 0 amide bonds. The lowest BCUT2D eigenvalue weighted by atomic mass is 9.95. The summed E-state index contributed by atoms with van der Waals surface area (Å²) in [5.41, 5.74) is 2.35. The van der Waals surface area contributed by atoms with E-state index in [1.54, 1.807) is 7.11 Å². The van der Waals surface area contributed by atoms with Crippen LogP contribution in [0.15, 0.2) is 36.5 Å². The summed E-state index contributed by atoms with van der Waals surface area (Å²) in [6, 6.07) is 8.51. The van der Waals surface area contributed by atoms with Crippen molar-refractivity contribution in [2.75, 3.05) is 7.11 Å². The molecule has 15 heavy (non-hydrogen) atoms. The Balaban J connectivity index is 2.32. The molecule has 2 nitrogen and oxygen atoms in total. The van der Waals surface area contributed by atoms with E-state index in [-0.39, 0.29) is 0 Å². The van der Waals surface area contributed by atoms with Gasteiger partial charge in [0.1, 0.15) is 5.75 Å². The minimum Gasteiger partial charge on any atom is -0.496 e. The van der Waals surface area contributed by atoms with Gasteiger partial charge in [0.2, 0.25) is 0 Å². The molecule has 2 rings (SSSR count). The van der Waals surface area contributed by atoms with Crippen LogP contribution in [0.25, 0.3) is 0 Å². The van der Waals surface area contributed by atoms with E-state index in [1.165, 1.54) is 5.56 Å². The standard InChI is InChI=1S/C13H17NO/c1-9-8-10(2)14-13(9)11-6-4-5-7-12(11)15-3/h4-7,9,13-14H,2,8H2,1,3H3/t9-,13+/m0/s1. The second-order valence-corrected chi connectivity index (χ2v) is 4.15. The van der Waals surface area contributed by atoms with Crippen LogP contribution in [0.1, 0.15) is 24.9 Å². The summed E-state index contributed by atoms with van der Waals surface area (Å²) in [5, 5.41) is 3.42. The van der Waals surface area contributed by atoms with Crippen LogP contribution < -0.4 is 10.1 Å². The summed E-state index contributed by atoms with van der Waals surface area (Å²) >= 11 is 0. The maximum absolute atomic E-state index is 5.37. The third kappa shape index (κ3) is 1.84. The van der Waals surface area contributed by atoms with Crippen molar-refractivity contribution in [3.05, 3.63) is 42.1 Å². The highest BCUT2D eigenvalue weighted by Gasteiger charge is 2.28. The maximum atomic E-state index is 5.37. The molecule has 0 spiro atoms. The highest BCUT2D eigenvalue weighted by atomic mass is 16.5. The Bertz CT molecular complexity index is 373. The average Bonchev–Trinajstić information content (AvgIpc) is 2.57. The normalized spacial score (nSPS) is 25.1. The number of hydrogen-bond acceptors (Lipinski definition) is 2. The fourth-order valence-corrected chi connectivity index (χ4v) is 2.24. The Labute approximate surface area is 91.0 Å². The Kier molecular flexibility index (Phi) is 2.67. The largest absolute Gasteiger partial charge is 0.496 e. The summed E-state index contributed by atoms with van der Waals surface area (Å²) < 4.78 is 5.37. The lowest BCUT2D eigenvalue weighted by molar-refractivity contribution is 0.394. The Morgan fingerprint density at radius 3 is 2.73 bits per heavy atom. The molecule has 0 aromatic heterocycles. The van der Waals surface area contributed by atoms with E-state index >= 15 is 0 Å². The molecule has 0 bridgehead atoms. The fraction of sp³-hybridized carbons (Fsp3) is 0.385. The van der Waals surface area contributed by atoms with E-state index in [0.717, 1.165) is 17.9 Å². The first-order valence-corrected chi connectivity index (χ1v) is 5.29. The zero-order valence-electron chi connectivity index (χ0n) is 9.29. The minimum atomic E-state index is 0.341. The molecule has 0 aliphatic carbocycles. The van der Waals surface area contributed by atoms with Gasteiger partial charge in [0.15, 0.2) is 0 Å². The molecular weight excluding hydrogens is 186 g/mol. The third-order valence-corrected chi connectivity index (χ3v) is 2.97. The highest BCUT2D eigenvalue weighted by molar-refractivity contribution is 5.37. The van der Waals surface area contributed by atoms with Crippen molar-refractivity contribution in [2.45, 2.75) is 19.4 Å². The van der Waals surface area contributed by atoms with Crippen LogP contribution in [0.3, 0.4) is 0 Å². The average molecular weight is 203 g/mol. The molecule has 1 fully saturated rings. The first kappa shape index (κ1) is 10.1. The van der Waals surface area contributed by atoms with Crippen molar-refractivity contribution in [3.8, 4) is 5.75 Å². The molecule has 2 atom stereocenters. The van der Waals surface area contributed by atoms with E-state index < -0.39 is 0 Å². The van der Waals surface area contributed by atoms with Gasteiger partial charge in [-0.2, -0.15) is 0 Å². The Morgan fingerprint density at radius 1 is 1.40 bits per heavy atom. The molecule has 1 N–H and O–H groups in total. The molecule has 1 aliphatic rings. The molecule has 2 heteroatoms. The van der Waals surface area contributed by atoms with Crippen molar-refractivity contribution in [3.63, 3.8) is 0 Å². The number of para-hydroxylation sites is 1. The predicted octanol–water partition coefficient (Wildman–Crippen LogP) is 2.88. The zero-order chi connectivity index (χ0) is 10.8. The SMILES string of the molecule is C=C1C[C@H](C)[C@H](c2ccccc2OC)N1. The van der Waals surface area contributed by atoms with Crippen molar-refractivity contribution in [1.29, 1.82) is 0 Å². The van der Waals surface area contributed by atoms with Gasteiger partial charge in [-0.05, 0) is 18.4 Å². The highest BCUT2D eigenvalue weighted by Crippen LogP contribution is 2.37. The van der Waals surface area contributed by atoms with Crippen LogP contribution in [-0.2, 0) is 0 Å². The van der Waals surface area contributed by atoms with Gasteiger partial charge in [-0.15, -0.1) is 0 Å². The summed E-state index contributed by atoms with van der Waals surface area (Å²) in [4.78, 5) is 0. The predicted molar refractivity (Wildman–Crippen MR) is 61.8 cm³/mol. The quantitative estimate of drug-likeness (QED) is 0.798. The van der Waals surface area contributed by atoms with Gasteiger partial charge in [-0.25, -0.2) is 0 Å². The van der Waals surface area contributed by atoms with Crippen LogP contribution in [0.2, 0.25) is 0 Å². The van der Waals surface area contributed by atoms with E-state index in [2.05, 4.69) is 24.9 Å². The van der Waals surface area contributed by atoms with Crippen molar-refractivity contribution in [1.82, 2.24) is 5.32 Å². The Hall–Kier alpha value is -1.44. The summed E-state index contributed by atoms with van der Waals surface area (Å²) in [5.74, 6) is 1.53. The second kappa shape index (κ2) is 3.97. The zero-order valence-corrected chi connectivity index (χ0v) is 9.29. The Morgan fingerprint density at radius 2 is 2.13 bits per heavy atom. The van der Waals surface area contributed by atoms with Crippen molar-refractivity contribution < 1.29 is 4.74 Å². The first-order valence-electron chi connectivity index (χ1n) is 5.29. The molecule has 0 unspecified atom stereocenters.